The van der Waals surface area contributed by atoms with E-state index in [1.807, 2.05) is 12.1 Å². The Balaban J connectivity index is 1.53. The summed E-state index contributed by atoms with van der Waals surface area (Å²) in [6.07, 6.45) is 3.15. The topological polar surface area (TPSA) is 190 Å². The Morgan fingerprint density at radius 2 is 0.778 bits per heavy atom. The molecule has 0 unspecified atom stereocenters. The number of hydrogen-bond donors (Lipinski definition) is 0. The second kappa shape index (κ2) is 13.7. The van der Waals surface area contributed by atoms with Gasteiger partial charge >= 0.3 is 0 Å². The lowest BCUT2D eigenvalue weighted by atomic mass is 9.85. The monoisotopic (exact) mass is 682 g/mol. The molecular formula is C46H18N8. The summed E-state index contributed by atoms with van der Waals surface area (Å²) in [7, 11) is 0. The third-order valence-electron chi connectivity index (χ3n) is 9.34. The van der Waals surface area contributed by atoms with Gasteiger partial charge in [0.15, 0.2) is 0 Å². The van der Waals surface area contributed by atoms with Crippen LogP contribution in [0.2, 0.25) is 0 Å². The van der Waals surface area contributed by atoms with E-state index in [0.717, 1.165) is 0 Å². The Morgan fingerprint density at radius 1 is 0.389 bits per heavy atom. The molecule has 0 N–H and O–H groups in total. The molecule has 5 aromatic rings. The zero-order valence-corrected chi connectivity index (χ0v) is 28.0. The van der Waals surface area contributed by atoms with E-state index in [0.29, 0.717) is 66.8 Å². The Bertz CT molecular complexity index is 2790. The van der Waals surface area contributed by atoms with E-state index in [1.54, 1.807) is 84.9 Å². The van der Waals surface area contributed by atoms with Gasteiger partial charge in [-0.2, -0.15) is 42.1 Å². The van der Waals surface area contributed by atoms with Crippen molar-refractivity contribution < 1.29 is 0 Å². The Hall–Kier alpha value is -9.02. The predicted octanol–water partition coefficient (Wildman–Crippen LogP) is 9.22. The van der Waals surface area contributed by atoms with Crippen molar-refractivity contribution in [2.75, 3.05) is 0 Å². The van der Waals surface area contributed by atoms with Gasteiger partial charge in [-0.15, -0.1) is 0 Å². The fourth-order valence-corrected chi connectivity index (χ4v) is 7.04. The van der Waals surface area contributed by atoms with E-state index in [-0.39, 0.29) is 44.5 Å². The van der Waals surface area contributed by atoms with Crippen LogP contribution in [0.5, 0.6) is 0 Å². The molecule has 0 fully saturated rings. The van der Waals surface area contributed by atoms with Crippen molar-refractivity contribution in [3.8, 4) is 70.8 Å². The van der Waals surface area contributed by atoms with Gasteiger partial charge in [0.05, 0.1) is 81.0 Å². The lowest BCUT2D eigenvalue weighted by molar-refractivity contribution is 1.42. The highest BCUT2D eigenvalue weighted by molar-refractivity contribution is 6.17. The molecule has 2 aliphatic carbocycles. The summed E-state index contributed by atoms with van der Waals surface area (Å²) in [5, 5.41) is 82.3. The molecule has 0 aromatic heterocycles. The molecule has 0 heterocycles. The van der Waals surface area contributed by atoms with Crippen molar-refractivity contribution >= 4 is 33.4 Å². The summed E-state index contributed by atoms with van der Waals surface area (Å²) < 4.78 is 0. The summed E-state index contributed by atoms with van der Waals surface area (Å²) in [5.74, 6) is 0. The van der Waals surface area contributed by atoms with E-state index >= 15 is 0 Å². The quantitative estimate of drug-likeness (QED) is 0.167. The molecule has 8 nitrogen and oxygen atoms in total. The van der Waals surface area contributed by atoms with E-state index in [4.69, 9.17) is 0 Å². The van der Waals surface area contributed by atoms with Crippen LogP contribution in [-0.4, -0.2) is 0 Å². The molecule has 0 spiro atoms. The third kappa shape index (κ3) is 5.35. The number of nitriles is 8. The third-order valence-corrected chi connectivity index (χ3v) is 9.34. The van der Waals surface area contributed by atoms with Gasteiger partial charge in [0.2, 0.25) is 0 Å². The van der Waals surface area contributed by atoms with Crippen LogP contribution in [0, 0.1) is 90.6 Å². The smallest absolute Gasteiger partial charge is 0.100 e. The van der Waals surface area contributed by atoms with Crippen molar-refractivity contribution in [2.45, 2.75) is 0 Å². The highest BCUT2D eigenvalue weighted by Crippen LogP contribution is 2.49. The van der Waals surface area contributed by atoms with Crippen LogP contribution in [-0.2, 0) is 0 Å². The van der Waals surface area contributed by atoms with Crippen LogP contribution in [0.4, 0.5) is 0 Å². The zero-order valence-electron chi connectivity index (χ0n) is 28.0. The van der Waals surface area contributed by atoms with Gasteiger partial charge in [-0.05, 0) is 70.8 Å². The largest absolute Gasteiger partial charge is 0.192 e. The van der Waals surface area contributed by atoms with Crippen LogP contribution in [0.1, 0.15) is 55.6 Å². The van der Waals surface area contributed by atoms with Crippen LogP contribution in [0.3, 0.4) is 0 Å². The van der Waals surface area contributed by atoms with Crippen molar-refractivity contribution in [1.82, 2.24) is 0 Å². The van der Waals surface area contributed by atoms with Crippen molar-refractivity contribution in [2.24, 2.45) is 0 Å². The number of nitrogens with zero attached hydrogens (tertiary/aromatic N) is 8. The van der Waals surface area contributed by atoms with Gasteiger partial charge in [0.25, 0.3) is 0 Å². The molecule has 0 saturated heterocycles. The number of hydrogen-bond acceptors (Lipinski definition) is 8. The Morgan fingerprint density at radius 3 is 1.09 bits per heavy atom. The molecule has 5 aromatic carbocycles. The normalized spacial score (nSPS) is 13.7. The molecular weight excluding hydrogens is 665 g/mol. The van der Waals surface area contributed by atoms with E-state index in [1.165, 1.54) is 12.1 Å². The van der Waals surface area contributed by atoms with Gasteiger partial charge in [0.1, 0.15) is 12.1 Å². The summed E-state index contributed by atoms with van der Waals surface area (Å²) in [4.78, 5) is 0. The molecule has 54 heavy (non-hydrogen) atoms. The first-order valence-electron chi connectivity index (χ1n) is 16.2. The predicted molar refractivity (Wildman–Crippen MR) is 201 cm³/mol. The first-order chi connectivity index (χ1) is 26.4. The van der Waals surface area contributed by atoms with Gasteiger partial charge in [-0.25, -0.2) is 0 Å². The molecule has 8 heteroatoms. The molecule has 0 amide bonds. The minimum atomic E-state index is 0.118. The van der Waals surface area contributed by atoms with E-state index in [9.17, 15) is 42.1 Å². The summed E-state index contributed by atoms with van der Waals surface area (Å²) in [5.41, 5.74) is 6.90. The fraction of sp³-hybridized carbons (Fsp3) is 0. The second-order valence-electron chi connectivity index (χ2n) is 12.2. The molecule has 0 saturated carbocycles. The van der Waals surface area contributed by atoms with Gasteiger partial charge < -0.3 is 0 Å². The molecule has 0 bridgehead atoms. The van der Waals surface area contributed by atoms with Crippen LogP contribution in [0.25, 0.3) is 55.7 Å². The van der Waals surface area contributed by atoms with Gasteiger partial charge in [-0.1, -0.05) is 60.7 Å². The SMILES string of the molecule is N#CC1=C/C(=C(/C#N)c2cc(C#N)cc(C#N)c2-c2ccccc2)c2cc3c(cc21)/C(=C(\C#N)c1cc(C#N)cc(C#N)c1-c1ccccc1)C=C3C#N. The Labute approximate surface area is 310 Å². The molecule has 242 valence electrons. The van der Waals surface area contributed by atoms with Crippen molar-refractivity contribution in [3.05, 3.63) is 165 Å². The van der Waals surface area contributed by atoms with Crippen LogP contribution in [0.15, 0.2) is 109 Å². The van der Waals surface area contributed by atoms with Crippen molar-refractivity contribution in [1.29, 1.82) is 42.1 Å². The average Bonchev–Trinajstić information content (AvgIpc) is 3.77. The maximum Gasteiger partial charge on any atom is 0.100 e. The highest BCUT2D eigenvalue weighted by atomic mass is 14.4. The lowest BCUT2D eigenvalue weighted by Gasteiger charge is -2.16. The standard InChI is InChI=1S/C46H18N8/c47-19-27-11-33(23-51)45(29-7-3-1-4-8-29)41(13-27)43(25-53)37-15-31(21-49)35-18-40-36(17-39(35)37)32(22-50)16-38(40)44(26-54)42-14-28(20-48)12-34(24-52)46(42)30-9-5-2-6-10-30/h1-18H/b43-37+,44-38+. The minimum Gasteiger partial charge on any atom is -0.192 e. The van der Waals surface area contributed by atoms with Gasteiger partial charge in [0, 0.05) is 44.5 Å². The molecule has 7 rings (SSSR count). The first kappa shape index (κ1) is 33.5. The molecule has 0 aliphatic heterocycles. The fourth-order valence-electron chi connectivity index (χ4n) is 7.04. The second-order valence-corrected chi connectivity index (χ2v) is 12.2. The summed E-state index contributed by atoms with van der Waals surface area (Å²) >= 11 is 0. The maximum atomic E-state index is 10.8. The van der Waals surface area contributed by atoms with Crippen LogP contribution >= 0.6 is 0 Å². The van der Waals surface area contributed by atoms with Crippen molar-refractivity contribution in [3.63, 3.8) is 0 Å². The number of allylic oxidation sites excluding steroid dienone is 8. The number of benzene rings is 5. The lowest BCUT2D eigenvalue weighted by Crippen LogP contribution is -1.99. The summed E-state index contributed by atoms with van der Waals surface area (Å²) in [6, 6.07) is 45.0. The van der Waals surface area contributed by atoms with Crippen LogP contribution < -0.4 is 0 Å². The Kier molecular flexibility index (Phi) is 8.50. The summed E-state index contributed by atoms with van der Waals surface area (Å²) in [6.45, 7) is 0. The molecule has 0 radical (unpaired) electrons. The average molecular weight is 683 g/mol. The first-order valence-corrected chi connectivity index (χ1v) is 16.2. The van der Waals surface area contributed by atoms with E-state index in [2.05, 4.69) is 48.6 Å². The highest BCUT2D eigenvalue weighted by Gasteiger charge is 2.31. The molecule has 2 aliphatic rings. The van der Waals surface area contributed by atoms with Gasteiger partial charge in [-0.3, -0.25) is 0 Å². The maximum absolute atomic E-state index is 10.8. The zero-order chi connectivity index (χ0) is 37.9. The molecule has 0 atom stereocenters. The van der Waals surface area contributed by atoms with E-state index < -0.39 is 0 Å². The minimum absolute atomic E-state index is 0.118. The number of rotatable bonds is 4. The number of fused-ring (bicyclic) bond motifs is 2.